The summed E-state index contributed by atoms with van der Waals surface area (Å²) in [5.41, 5.74) is 1.35. The molecule has 0 spiro atoms. The summed E-state index contributed by atoms with van der Waals surface area (Å²) in [4.78, 5) is 0. The Morgan fingerprint density at radius 1 is 1.38 bits per heavy atom. The van der Waals surface area contributed by atoms with Crippen LogP contribution in [0.3, 0.4) is 0 Å². The van der Waals surface area contributed by atoms with Crippen molar-refractivity contribution in [3.63, 3.8) is 0 Å². The highest BCUT2D eigenvalue weighted by atomic mass is 79.9. The fourth-order valence-corrected chi connectivity index (χ4v) is 4.27. The normalized spacial score (nSPS) is 24.2. The van der Waals surface area contributed by atoms with Crippen molar-refractivity contribution in [3.05, 3.63) is 16.4 Å². The van der Waals surface area contributed by atoms with Gasteiger partial charge >= 0.3 is 0 Å². The fourth-order valence-electron chi connectivity index (χ4n) is 3.73. The number of halogens is 1. The average Bonchev–Trinajstić information content (AvgIpc) is 2.89. The van der Waals surface area contributed by atoms with Crippen molar-refractivity contribution in [1.29, 1.82) is 0 Å². The summed E-state index contributed by atoms with van der Waals surface area (Å²) in [6.45, 7) is 8.78. The largest absolute Gasteiger partial charge is 0.308 e. The minimum Gasteiger partial charge on any atom is -0.308 e. The molecule has 0 bridgehead atoms. The van der Waals surface area contributed by atoms with E-state index in [-0.39, 0.29) is 0 Å². The third kappa shape index (κ3) is 4.10. The molecular formula is C17H30BrN3. The third-order valence-corrected chi connectivity index (χ3v) is 5.52. The van der Waals surface area contributed by atoms with E-state index in [0.29, 0.717) is 6.04 Å². The van der Waals surface area contributed by atoms with Crippen molar-refractivity contribution >= 4 is 15.9 Å². The van der Waals surface area contributed by atoms with Crippen LogP contribution in [-0.4, -0.2) is 16.3 Å². The zero-order valence-corrected chi connectivity index (χ0v) is 15.3. The van der Waals surface area contributed by atoms with Crippen LogP contribution in [0.1, 0.15) is 71.0 Å². The molecule has 2 rings (SSSR count). The van der Waals surface area contributed by atoms with Gasteiger partial charge in [0.25, 0.3) is 0 Å². The summed E-state index contributed by atoms with van der Waals surface area (Å²) in [6, 6.07) is 0.441. The minimum absolute atomic E-state index is 0.441. The molecule has 0 radical (unpaired) electrons. The van der Waals surface area contributed by atoms with Crippen LogP contribution < -0.4 is 5.32 Å². The Hall–Kier alpha value is -0.350. The predicted molar refractivity (Wildman–Crippen MR) is 92.4 cm³/mol. The van der Waals surface area contributed by atoms with Gasteiger partial charge in [0.15, 0.2) is 0 Å². The molecule has 1 aliphatic carbocycles. The first-order chi connectivity index (χ1) is 10.2. The summed E-state index contributed by atoms with van der Waals surface area (Å²) in [7, 11) is 0. The molecule has 3 atom stereocenters. The van der Waals surface area contributed by atoms with Crippen molar-refractivity contribution in [2.45, 2.75) is 71.9 Å². The lowest BCUT2D eigenvalue weighted by Crippen LogP contribution is -2.34. The SMILES string of the molecule is CCCNC(c1c(Br)cnn1CC)C1CCCC(CC)C1. The summed E-state index contributed by atoms with van der Waals surface area (Å²) < 4.78 is 3.32. The second-order valence-electron chi connectivity index (χ2n) is 6.33. The molecule has 1 aromatic heterocycles. The molecule has 21 heavy (non-hydrogen) atoms. The fraction of sp³-hybridized carbons (Fsp3) is 0.824. The van der Waals surface area contributed by atoms with Gasteiger partial charge in [-0.1, -0.05) is 33.1 Å². The number of hydrogen-bond donors (Lipinski definition) is 1. The highest BCUT2D eigenvalue weighted by Crippen LogP contribution is 2.40. The molecule has 1 N–H and O–H groups in total. The van der Waals surface area contributed by atoms with Crippen LogP contribution in [0, 0.1) is 11.8 Å². The van der Waals surface area contributed by atoms with Crippen LogP contribution in [0.25, 0.3) is 0 Å². The molecule has 3 unspecified atom stereocenters. The molecule has 1 fully saturated rings. The van der Waals surface area contributed by atoms with E-state index >= 15 is 0 Å². The minimum atomic E-state index is 0.441. The average molecular weight is 356 g/mol. The Labute approximate surface area is 138 Å². The smallest absolute Gasteiger partial charge is 0.0698 e. The van der Waals surface area contributed by atoms with Gasteiger partial charge in [0.05, 0.1) is 22.4 Å². The van der Waals surface area contributed by atoms with Crippen molar-refractivity contribution < 1.29 is 0 Å². The van der Waals surface area contributed by atoms with E-state index in [4.69, 9.17) is 0 Å². The second-order valence-corrected chi connectivity index (χ2v) is 7.18. The Bertz CT molecular complexity index is 430. The Morgan fingerprint density at radius 2 is 2.19 bits per heavy atom. The lowest BCUT2D eigenvalue weighted by molar-refractivity contribution is 0.203. The standard InChI is InChI=1S/C17H30BrN3/c1-4-10-19-16(14-9-7-8-13(5-2)11-14)17-15(18)12-20-21(17)6-3/h12-14,16,19H,4-11H2,1-3H3. The maximum Gasteiger partial charge on any atom is 0.0698 e. The van der Waals surface area contributed by atoms with Crippen LogP contribution in [0.5, 0.6) is 0 Å². The van der Waals surface area contributed by atoms with Gasteiger partial charge in [-0.3, -0.25) is 4.68 Å². The van der Waals surface area contributed by atoms with E-state index in [1.54, 1.807) is 0 Å². The Kier molecular flexibility index (Phi) is 6.74. The third-order valence-electron chi connectivity index (χ3n) is 4.91. The van der Waals surface area contributed by atoms with Crippen molar-refractivity contribution in [2.24, 2.45) is 11.8 Å². The van der Waals surface area contributed by atoms with Gasteiger partial charge in [-0.15, -0.1) is 0 Å². The molecule has 4 heteroatoms. The maximum absolute atomic E-state index is 4.53. The molecule has 0 saturated heterocycles. The summed E-state index contributed by atoms with van der Waals surface area (Å²) in [5.74, 6) is 1.65. The van der Waals surface area contributed by atoms with Crippen molar-refractivity contribution in [3.8, 4) is 0 Å². The zero-order valence-electron chi connectivity index (χ0n) is 13.7. The molecule has 3 nitrogen and oxygen atoms in total. The first-order valence-electron chi connectivity index (χ1n) is 8.65. The summed E-state index contributed by atoms with van der Waals surface area (Å²) in [5, 5.41) is 8.34. The van der Waals surface area contributed by atoms with Gasteiger partial charge in [0, 0.05) is 6.54 Å². The maximum atomic E-state index is 4.53. The van der Waals surface area contributed by atoms with E-state index in [9.17, 15) is 0 Å². The first-order valence-corrected chi connectivity index (χ1v) is 9.45. The van der Waals surface area contributed by atoms with E-state index in [1.807, 2.05) is 6.20 Å². The number of nitrogens with zero attached hydrogens (tertiary/aromatic N) is 2. The number of aromatic nitrogens is 2. The van der Waals surface area contributed by atoms with Gasteiger partial charge in [-0.2, -0.15) is 5.10 Å². The van der Waals surface area contributed by atoms with E-state index < -0.39 is 0 Å². The highest BCUT2D eigenvalue weighted by molar-refractivity contribution is 9.10. The molecule has 0 amide bonds. The van der Waals surface area contributed by atoms with Crippen LogP contribution in [0.2, 0.25) is 0 Å². The van der Waals surface area contributed by atoms with E-state index in [0.717, 1.165) is 29.4 Å². The molecule has 1 aromatic rings. The molecule has 1 heterocycles. The highest BCUT2D eigenvalue weighted by Gasteiger charge is 2.31. The molecular weight excluding hydrogens is 326 g/mol. The lowest BCUT2D eigenvalue weighted by atomic mass is 9.76. The monoisotopic (exact) mass is 355 g/mol. The second kappa shape index (κ2) is 8.33. The van der Waals surface area contributed by atoms with Crippen LogP contribution in [0.4, 0.5) is 0 Å². The van der Waals surface area contributed by atoms with Crippen LogP contribution in [-0.2, 0) is 6.54 Å². The predicted octanol–water partition coefficient (Wildman–Crippen LogP) is 4.92. The molecule has 1 saturated carbocycles. The Morgan fingerprint density at radius 3 is 2.86 bits per heavy atom. The molecule has 0 aromatic carbocycles. The van der Waals surface area contributed by atoms with Gasteiger partial charge in [-0.25, -0.2) is 0 Å². The van der Waals surface area contributed by atoms with Gasteiger partial charge in [0.2, 0.25) is 0 Å². The molecule has 120 valence electrons. The van der Waals surface area contributed by atoms with E-state index in [1.165, 1.54) is 44.2 Å². The number of hydrogen-bond acceptors (Lipinski definition) is 2. The van der Waals surface area contributed by atoms with Gasteiger partial charge in [-0.05, 0) is 60.5 Å². The van der Waals surface area contributed by atoms with E-state index in [2.05, 4.69) is 51.8 Å². The molecule has 0 aliphatic heterocycles. The number of rotatable bonds is 7. The summed E-state index contributed by atoms with van der Waals surface area (Å²) >= 11 is 3.73. The quantitative estimate of drug-likeness (QED) is 0.751. The Balaban J connectivity index is 2.22. The zero-order chi connectivity index (χ0) is 15.2. The van der Waals surface area contributed by atoms with Crippen LogP contribution >= 0.6 is 15.9 Å². The lowest BCUT2D eigenvalue weighted by Gasteiger charge is -2.35. The van der Waals surface area contributed by atoms with Gasteiger partial charge in [0.1, 0.15) is 0 Å². The number of nitrogens with one attached hydrogen (secondary N) is 1. The van der Waals surface area contributed by atoms with Crippen molar-refractivity contribution in [1.82, 2.24) is 15.1 Å². The molecule has 1 aliphatic rings. The number of aryl methyl sites for hydroxylation is 1. The van der Waals surface area contributed by atoms with Gasteiger partial charge < -0.3 is 5.32 Å². The topological polar surface area (TPSA) is 29.9 Å². The van der Waals surface area contributed by atoms with Crippen molar-refractivity contribution in [2.75, 3.05) is 6.54 Å². The summed E-state index contributed by atoms with van der Waals surface area (Å²) in [6.07, 6.45) is 9.97. The first kappa shape index (κ1) is 17.0. The van der Waals surface area contributed by atoms with Crippen LogP contribution in [0.15, 0.2) is 10.7 Å².